The Labute approximate surface area is 180 Å². The van der Waals surface area contributed by atoms with Crippen molar-refractivity contribution < 1.29 is 13.2 Å². The standard InChI is InChI=1S/C23H22N4O3S/c1-3-24-23(28)17-11-9-16(10-12-17)22-25-20-15-18(13-14-21(20)27(22)2)26-31(29,30)19-7-5-4-6-8-19/h4-15,26H,3H2,1-2H3,(H,24,28). The number of aryl methyl sites for hydroxylation is 1. The average molecular weight is 435 g/mol. The van der Waals surface area contributed by atoms with Gasteiger partial charge in [-0.3, -0.25) is 9.52 Å². The van der Waals surface area contributed by atoms with E-state index in [1.54, 1.807) is 54.6 Å². The zero-order chi connectivity index (χ0) is 22.0. The average Bonchev–Trinajstić information content (AvgIpc) is 3.10. The van der Waals surface area contributed by atoms with Gasteiger partial charge in [-0.1, -0.05) is 30.3 Å². The Morgan fingerprint density at radius 3 is 2.39 bits per heavy atom. The second kappa shape index (κ2) is 8.23. The number of nitrogens with zero attached hydrogens (tertiary/aromatic N) is 2. The van der Waals surface area contributed by atoms with Crippen LogP contribution in [0.3, 0.4) is 0 Å². The quantitative estimate of drug-likeness (QED) is 0.483. The summed E-state index contributed by atoms with van der Waals surface area (Å²) in [6.45, 7) is 2.45. The lowest BCUT2D eigenvalue weighted by Crippen LogP contribution is -2.22. The predicted octanol–water partition coefficient (Wildman–Crippen LogP) is 3.79. The third-order valence-electron chi connectivity index (χ3n) is 4.93. The Kier molecular flexibility index (Phi) is 5.48. The van der Waals surface area contributed by atoms with Crippen LogP contribution in [0.25, 0.3) is 22.4 Å². The molecule has 158 valence electrons. The molecule has 0 aliphatic heterocycles. The molecule has 8 heteroatoms. The van der Waals surface area contributed by atoms with E-state index in [2.05, 4.69) is 15.0 Å². The Morgan fingerprint density at radius 1 is 1.00 bits per heavy atom. The zero-order valence-electron chi connectivity index (χ0n) is 17.2. The molecule has 0 saturated heterocycles. The summed E-state index contributed by atoms with van der Waals surface area (Å²) in [7, 11) is -1.78. The molecule has 0 aliphatic carbocycles. The summed E-state index contributed by atoms with van der Waals surface area (Å²) in [4.78, 5) is 16.8. The maximum atomic E-state index is 12.6. The van der Waals surface area contributed by atoms with Gasteiger partial charge >= 0.3 is 0 Å². The van der Waals surface area contributed by atoms with Gasteiger partial charge in [0, 0.05) is 24.7 Å². The van der Waals surface area contributed by atoms with E-state index >= 15 is 0 Å². The van der Waals surface area contributed by atoms with Crippen molar-refractivity contribution in [3.8, 4) is 11.4 Å². The Hall–Kier alpha value is -3.65. The number of sulfonamides is 1. The lowest BCUT2D eigenvalue weighted by Gasteiger charge is -2.08. The van der Waals surface area contributed by atoms with Gasteiger partial charge in [-0.2, -0.15) is 0 Å². The highest BCUT2D eigenvalue weighted by Gasteiger charge is 2.16. The van der Waals surface area contributed by atoms with Crippen molar-refractivity contribution in [2.24, 2.45) is 7.05 Å². The summed E-state index contributed by atoms with van der Waals surface area (Å²) in [5.41, 5.74) is 3.41. The van der Waals surface area contributed by atoms with Crippen LogP contribution in [0.5, 0.6) is 0 Å². The van der Waals surface area contributed by atoms with E-state index in [0.717, 1.165) is 16.9 Å². The highest BCUT2D eigenvalue weighted by Crippen LogP contribution is 2.27. The second-order valence-corrected chi connectivity index (χ2v) is 8.74. The van der Waals surface area contributed by atoms with Crippen molar-refractivity contribution in [2.75, 3.05) is 11.3 Å². The third-order valence-corrected chi connectivity index (χ3v) is 6.33. The normalized spacial score (nSPS) is 11.4. The van der Waals surface area contributed by atoms with Crippen molar-refractivity contribution in [3.05, 3.63) is 78.4 Å². The van der Waals surface area contributed by atoms with E-state index in [0.29, 0.717) is 23.3 Å². The van der Waals surface area contributed by atoms with Gasteiger partial charge < -0.3 is 9.88 Å². The molecule has 4 aromatic rings. The number of aromatic nitrogens is 2. The molecule has 0 spiro atoms. The first-order valence-electron chi connectivity index (χ1n) is 9.82. The third kappa shape index (κ3) is 4.15. The van der Waals surface area contributed by atoms with E-state index < -0.39 is 10.0 Å². The molecule has 0 unspecified atom stereocenters. The van der Waals surface area contributed by atoms with Crippen molar-refractivity contribution in [2.45, 2.75) is 11.8 Å². The minimum atomic E-state index is -3.68. The Morgan fingerprint density at radius 2 is 1.71 bits per heavy atom. The predicted molar refractivity (Wildman–Crippen MR) is 121 cm³/mol. The fourth-order valence-corrected chi connectivity index (χ4v) is 4.44. The molecule has 0 saturated carbocycles. The number of hydrogen-bond donors (Lipinski definition) is 2. The van der Waals surface area contributed by atoms with Gasteiger partial charge in [0.1, 0.15) is 5.82 Å². The number of rotatable bonds is 6. The van der Waals surface area contributed by atoms with E-state index in [-0.39, 0.29) is 10.8 Å². The van der Waals surface area contributed by atoms with Gasteiger partial charge in [-0.25, -0.2) is 13.4 Å². The van der Waals surface area contributed by atoms with Crippen molar-refractivity contribution in [1.82, 2.24) is 14.9 Å². The fraction of sp³-hybridized carbons (Fsp3) is 0.130. The van der Waals surface area contributed by atoms with E-state index in [9.17, 15) is 13.2 Å². The van der Waals surface area contributed by atoms with Gasteiger partial charge in [0.25, 0.3) is 15.9 Å². The van der Waals surface area contributed by atoms with E-state index in [4.69, 9.17) is 0 Å². The van der Waals surface area contributed by atoms with E-state index in [1.807, 2.05) is 36.7 Å². The zero-order valence-corrected chi connectivity index (χ0v) is 18.0. The summed E-state index contributed by atoms with van der Waals surface area (Å²) in [6, 6.07) is 20.7. The fourth-order valence-electron chi connectivity index (χ4n) is 3.37. The smallest absolute Gasteiger partial charge is 0.261 e. The van der Waals surface area contributed by atoms with Gasteiger partial charge in [0.05, 0.1) is 21.6 Å². The second-order valence-electron chi connectivity index (χ2n) is 7.05. The molecule has 1 aromatic heterocycles. The number of hydrogen-bond acceptors (Lipinski definition) is 4. The summed E-state index contributed by atoms with van der Waals surface area (Å²) < 4.78 is 29.7. The summed E-state index contributed by atoms with van der Waals surface area (Å²) in [6.07, 6.45) is 0. The summed E-state index contributed by atoms with van der Waals surface area (Å²) in [5, 5.41) is 2.77. The Balaban J connectivity index is 1.64. The summed E-state index contributed by atoms with van der Waals surface area (Å²) in [5.74, 6) is 0.606. The lowest BCUT2D eigenvalue weighted by molar-refractivity contribution is 0.0956. The number of nitrogens with one attached hydrogen (secondary N) is 2. The molecule has 0 radical (unpaired) electrons. The van der Waals surface area contributed by atoms with Crippen molar-refractivity contribution in [1.29, 1.82) is 0 Å². The van der Waals surface area contributed by atoms with E-state index in [1.165, 1.54) is 0 Å². The number of carbonyl (C=O) groups is 1. The van der Waals surface area contributed by atoms with Crippen LogP contribution in [0.15, 0.2) is 77.7 Å². The van der Waals surface area contributed by atoms with Crippen LogP contribution < -0.4 is 10.0 Å². The topological polar surface area (TPSA) is 93.1 Å². The molecule has 2 N–H and O–H groups in total. The first-order valence-corrected chi connectivity index (χ1v) is 11.3. The number of benzene rings is 3. The number of anilines is 1. The van der Waals surface area contributed by atoms with Crippen LogP contribution in [-0.4, -0.2) is 30.4 Å². The monoisotopic (exact) mass is 434 g/mol. The van der Waals surface area contributed by atoms with Gasteiger partial charge in [-0.05, 0) is 49.4 Å². The minimum Gasteiger partial charge on any atom is -0.352 e. The highest BCUT2D eigenvalue weighted by molar-refractivity contribution is 7.92. The maximum Gasteiger partial charge on any atom is 0.261 e. The largest absolute Gasteiger partial charge is 0.352 e. The number of fused-ring (bicyclic) bond motifs is 1. The van der Waals surface area contributed by atoms with Crippen LogP contribution >= 0.6 is 0 Å². The van der Waals surface area contributed by atoms with Gasteiger partial charge in [0.2, 0.25) is 0 Å². The molecular weight excluding hydrogens is 412 g/mol. The van der Waals surface area contributed by atoms with Crippen LogP contribution in [0.2, 0.25) is 0 Å². The molecule has 4 rings (SSSR count). The molecular formula is C23H22N4O3S. The number of amides is 1. The minimum absolute atomic E-state index is 0.116. The van der Waals surface area contributed by atoms with Crippen molar-refractivity contribution in [3.63, 3.8) is 0 Å². The summed E-state index contributed by atoms with van der Waals surface area (Å²) >= 11 is 0. The molecule has 0 fully saturated rings. The molecule has 0 atom stereocenters. The molecule has 1 amide bonds. The molecule has 3 aromatic carbocycles. The van der Waals surface area contributed by atoms with Gasteiger partial charge in [-0.15, -0.1) is 0 Å². The molecule has 0 bridgehead atoms. The van der Waals surface area contributed by atoms with Crippen LogP contribution in [-0.2, 0) is 17.1 Å². The number of carbonyl (C=O) groups excluding carboxylic acids is 1. The maximum absolute atomic E-state index is 12.6. The van der Waals surface area contributed by atoms with Gasteiger partial charge in [0.15, 0.2) is 0 Å². The lowest BCUT2D eigenvalue weighted by atomic mass is 10.1. The molecule has 1 heterocycles. The molecule has 0 aliphatic rings. The molecule has 7 nitrogen and oxygen atoms in total. The van der Waals surface area contributed by atoms with Crippen LogP contribution in [0, 0.1) is 0 Å². The first-order chi connectivity index (χ1) is 14.9. The number of imidazole rings is 1. The first kappa shape index (κ1) is 20.6. The molecule has 31 heavy (non-hydrogen) atoms. The van der Waals surface area contributed by atoms with Crippen LogP contribution in [0.4, 0.5) is 5.69 Å². The highest BCUT2D eigenvalue weighted by atomic mass is 32.2. The SMILES string of the molecule is CCNC(=O)c1ccc(-c2nc3cc(NS(=O)(=O)c4ccccc4)ccc3n2C)cc1. The van der Waals surface area contributed by atoms with Crippen molar-refractivity contribution >= 4 is 32.7 Å². The van der Waals surface area contributed by atoms with Crippen LogP contribution in [0.1, 0.15) is 17.3 Å². The Bertz CT molecular complexity index is 1350.